The van der Waals surface area contributed by atoms with Crippen molar-refractivity contribution in [1.29, 1.82) is 0 Å². The summed E-state index contributed by atoms with van der Waals surface area (Å²) < 4.78 is 12.9. The van der Waals surface area contributed by atoms with Crippen molar-refractivity contribution >= 4 is 17.7 Å². The number of carboxylic acid groups (broad SMARTS) is 1. The fourth-order valence-electron chi connectivity index (χ4n) is 22.5. The number of aliphatic hydroxyl groups excluding tert-OH is 8. The normalized spacial score (nSPS) is 50.7. The number of anilines is 1. The molecule has 15 N–H and O–H groups in total. The molecule has 11 aliphatic rings. The van der Waals surface area contributed by atoms with Gasteiger partial charge in [-0.1, -0.05) is 64.0 Å². The summed E-state index contributed by atoms with van der Waals surface area (Å²) in [6.45, 7) is 8.32. The van der Waals surface area contributed by atoms with E-state index in [-0.39, 0.29) is 43.8 Å². The number of imidazole rings is 2. The average molecular weight is 1110 g/mol. The van der Waals surface area contributed by atoms with Crippen LogP contribution in [0.1, 0.15) is 128 Å². The van der Waals surface area contributed by atoms with Crippen LogP contribution in [0, 0.1) is 103 Å². The lowest BCUT2D eigenvalue weighted by molar-refractivity contribution is -0.366. The molecule has 0 aromatic carbocycles. The highest BCUT2D eigenvalue weighted by Gasteiger charge is 2.84. The summed E-state index contributed by atoms with van der Waals surface area (Å²) in [5.41, 5.74) is 1.40. The second kappa shape index (κ2) is 18.8. The molecule has 5 heterocycles. The molecule has 3 aliphatic heterocycles. The first-order valence-electron chi connectivity index (χ1n) is 29.9. The number of nitrogens with one attached hydrogen (secondary N) is 4. The minimum Gasteiger partial charge on any atom is -0.481 e. The van der Waals surface area contributed by atoms with Gasteiger partial charge < -0.3 is 81.8 Å². The summed E-state index contributed by atoms with van der Waals surface area (Å²) >= 11 is 0. The number of aliphatic hydroxyl groups is 8. The average Bonchev–Trinajstić information content (AvgIpc) is 0.755. The third-order valence-corrected chi connectivity index (χ3v) is 25.8. The number of nitrogens with two attached hydrogens (primary N) is 1. The number of hydrogen-bond acceptors (Lipinski definition) is 16. The van der Waals surface area contributed by atoms with Crippen LogP contribution in [0.5, 0.6) is 0 Å². The fraction of sp³-hybridized carbons (Fsp3) is 0.800. The molecule has 0 unspecified atom stereocenters. The number of rotatable bonds is 10. The summed E-state index contributed by atoms with van der Waals surface area (Å²) in [7, 11) is 0. The molecule has 3 spiro atoms. The monoisotopic (exact) mass is 1110 g/mol. The van der Waals surface area contributed by atoms with Gasteiger partial charge in [0.2, 0.25) is 5.91 Å². The Hall–Kier alpha value is -3.98. The Labute approximate surface area is 466 Å². The van der Waals surface area contributed by atoms with Gasteiger partial charge in [-0.25, -0.2) is 9.97 Å². The molecule has 6 saturated carbocycles. The van der Waals surface area contributed by atoms with E-state index in [4.69, 9.17) is 20.2 Å². The van der Waals surface area contributed by atoms with Crippen LogP contribution in [0.4, 0.5) is 5.82 Å². The quantitative estimate of drug-likeness (QED) is 0.0702. The van der Waals surface area contributed by atoms with Gasteiger partial charge in [0.05, 0.1) is 60.7 Å². The number of aromatic amines is 2. The molecule has 80 heavy (non-hydrogen) atoms. The SMILES string of the molecule is C[C@]1(CO)CC[C@@]2(C(=O)O)[C@@H](C1)C1=C[C@@H]3C#C[C@H]4CCC[C@]45C(=O)N[C@@H]([C@@H](c4cnc[nH]4)[C@H](O)C[C@@H](N)O)[C@@H]5C[C@@H]4[C@@H](O)[C@@H](O[C@@H]5OC[C@@H](O)[C@H](O)[C@H]5O)[C@@](C)(CO)[C@H]5CC[C@]6(C)[C@@]3(CCC[C@@]16[C@@H]1Cc3[nH]cnc3NC[C@@H]12)[C@@]45C. The molecule has 2 aromatic heterocycles. The number of amides is 1. The molecule has 8 fully saturated rings. The van der Waals surface area contributed by atoms with Gasteiger partial charge in [0.1, 0.15) is 30.4 Å². The Balaban J connectivity index is 1.09. The predicted molar refractivity (Wildman–Crippen MR) is 287 cm³/mol. The van der Waals surface area contributed by atoms with Crippen LogP contribution >= 0.6 is 0 Å². The molecule has 0 radical (unpaired) electrons. The molecule has 2 aromatic rings. The molecular weight excluding hydrogens is 1030 g/mol. The van der Waals surface area contributed by atoms with Crippen molar-refractivity contribution in [3.8, 4) is 11.8 Å². The standard InChI is InChI=1S/C60H85N7O13/c1-53(25-68)15-16-58(52(77)78)35(21-53)31-17-30-9-8-29-7-5-11-57(29)33(44(67-51(57)76)43(38-23-62-27-64-38)39(70)20-42(61)72)18-34-45(73)48(80-50-47(75)46(74)40(71)24-79-50)54(2,26-69)41-10-14-55(3)59(31,12-6-13-60(30,55)56(34,41)4)32-19-37-49(66-28-65-37)63-22-36(32)58/h17,23,27-30,32-36,39-48,50,63,68-75H,5-7,10-16,18-22,24-26,61H2,1-4H3,(H,62,64)(H,65,66)(H,67,76)(H,77,78)/t29-,30+,32-,33+,34-,35+,36+,39-,40-,41-,42+,43+,44-,45-,46+,47-,48-,50+,53+,54+,55+,56+,57+,58-,59+,60+/m1/s1. The molecule has 8 aliphatic carbocycles. The van der Waals surface area contributed by atoms with Gasteiger partial charge >= 0.3 is 5.97 Å². The summed E-state index contributed by atoms with van der Waals surface area (Å²) in [6.07, 6.45) is 2.87. The van der Waals surface area contributed by atoms with Crippen molar-refractivity contribution in [2.45, 2.75) is 179 Å². The van der Waals surface area contributed by atoms with Crippen molar-refractivity contribution < 1.29 is 65.0 Å². The molecule has 2 saturated heterocycles. The zero-order chi connectivity index (χ0) is 56.5. The molecule has 13 rings (SSSR count). The number of aromatic nitrogens is 4. The van der Waals surface area contributed by atoms with Crippen LogP contribution in [0.25, 0.3) is 0 Å². The van der Waals surface area contributed by atoms with Gasteiger partial charge in [-0.15, -0.1) is 0 Å². The Morgan fingerprint density at radius 1 is 0.912 bits per heavy atom. The van der Waals surface area contributed by atoms with Gasteiger partial charge in [0.15, 0.2) is 6.29 Å². The van der Waals surface area contributed by atoms with Crippen LogP contribution in [-0.4, -0.2) is 159 Å². The van der Waals surface area contributed by atoms with Crippen LogP contribution in [0.15, 0.2) is 30.5 Å². The lowest BCUT2D eigenvalue weighted by Gasteiger charge is -2.83. The predicted octanol–water partition coefficient (Wildman–Crippen LogP) is 2.29. The van der Waals surface area contributed by atoms with Crippen molar-refractivity contribution in [2.24, 2.45) is 96.4 Å². The number of carbonyl (C=O) groups is 2. The topological polar surface area (TPSA) is 342 Å². The molecule has 2 bridgehead atoms. The number of H-pyrrole nitrogens is 2. The van der Waals surface area contributed by atoms with Crippen molar-refractivity contribution in [2.75, 3.05) is 31.7 Å². The minimum atomic E-state index is -1.70. The molecular formula is C60H85N7O13. The smallest absolute Gasteiger partial charge is 0.310 e. The second-order valence-corrected chi connectivity index (χ2v) is 28.3. The van der Waals surface area contributed by atoms with Crippen LogP contribution in [-0.2, 0) is 25.5 Å². The molecule has 26 atom stereocenters. The molecule has 20 heteroatoms. The Morgan fingerprint density at radius 2 is 1.71 bits per heavy atom. The Morgan fingerprint density at radius 3 is 2.44 bits per heavy atom. The van der Waals surface area contributed by atoms with Gasteiger partial charge in [0, 0.05) is 66.1 Å². The maximum atomic E-state index is 15.6. The van der Waals surface area contributed by atoms with Gasteiger partial charge in [-0.3, -0.25) is 9.59 Å². The van der Waals surface area contributed by atoms with Gasteiger partial charge in [0.25, 0.3) is 0 Å². The van der Waals surface area contributed by atoms with E-state index in [1.807, 2.05) is 6.92 Å². The Bertz CT molecular complexity index is 2860. The maximum Gasteiger partial charge on any atom is 0.310 e. The van der Waals surface area contributed by atoms with E-state index in [0.29, 0.717) is 76.4 Å². The van der Waals surface area contributed by atoms with E-state index in [2.05, 4.69) is 64.3 Å². The first kappa shape index (κ1) is 55.2. The summed E-state index contributed by atoms with van der Waals surface area (Å²) in [5.74, 6) is 2.98. The number of ether oxygens (including phenoxy) is 2. The first-order chi connectivity index (χ1) is 38.1. The number of nitrogens with zero attached hydrogens (tertiary/aromatic N) is 2. The third-order valence-electron chi connectivity index (χ3n) is 25.8. The van der Waals surface area contributed by atoms with Gasteiger partial charge in [-0.2, -0.15) is 0 Å². The third kappa shape index (κ3) is 6.85. The van der Waals surface area contributed by atoms with Crippen molar-refractivity contribution in [1.82, 2.24) is 25.3 Å². The van der Waals surface area contributed by atoms with E-state index in [1.165, 1.54) is 6.33 Å². The highest BCUT2D eigenvalue weighted by atomic mass is 16.7. The summed E-state index contributed by atoms with van der Waals surface area (Å²) in [5, 5.41) is 113. The minimum absolute atomic E-state index is 0.0887. The van der Waals surface area contributed by atoms with E-state index in [0.717, 1.165) is 29.9 Å². The van der Waals surface area contributed by atoms with Crippen LogP contribution in [0.2, 0.25) is 0 Å². The van der Waals surface area contributed by atoms with Gasteiger partial charge in [-0.05, 0) is 128 Å². The maximum absolute atomic E-state index is 15.6. The number of carbonyl (C=O) groups excluding carboxylic acids is 1. The summed E-state index contributed by atoms with van der Waals surface area (Å²) in [6, 6.07) is -0.783. The number of aliphatic carboxylic acids is 1. The highest BCUT2D eigenvalue weighted by molar-refractivity contribution is 5.87. The number of hydrogen-bond donors (Lipinski definition) is 14. The zero-order valence-corrected chi connectivity index (χ0v) is 46.6. The Kier molecular flexibility index (Phi) is 12.9. The number of allylic oxidation sites excluding steroid dienone is 2. The molecule has 1 amide bonds. The van der Waals surface area contributed by atoms with E-state index in [9.17, 15) is 50.8 Å². The lowest BCUT2D eigenvalue weighted by Crippen LogP contribution is -2.80. The van der Waals surface area contributed by atoms with Crippen molar-refractivity contribution in [3.05, 3.63) is 41.9 Å². The zero-order valence-electron chi connectivity index (χ0n) is 46.6. The molecule has 438 valence electrons. The van der Waals surface area contributed by atoms with E-state index in [1.54, 1.807) is 12.5 Å². The number of fused-ring (bicyclic) bond motifs is 5. The lowest BCUT2D eigenvalue weighted by atomic mass is 9.21. The molecule has 20 nitrogen and oxygen atoms in total. The van der Waals surface area contributed by atoms with Crippen LogP contribution in [0.3, 0.4) is 0 Å². The highest BCUT2D eigenvalue weighted by Crippen LogP contribution is 2.87. The van der Waals surface area contributed by atoms with E-state index < -0.39 is 153 Å². The number of carboxylic acids is 1. The second-order valence-electron chi connectivity index (χ2n) is 28.3. The van der Waals surface area contributed by atoms with Crippen LogP contribution < -0.4 is 16.4 Å². The van der Waals surface area contributed by atoms with E-state index >= 15 is 4.79 Å². The fourth-order valence-corrected chi connectivity index (χ4v) is 22.5. The largest absolute Gasteiger partial charge is 0.481 e. The first-order valence-corrected chi connectivity index (χ1v) is 29.9. The van der Waals surface area contributed by atoms with Crippen molar-refractivity contribution in [3.63, 3.8) is 0 Å². The summed E-state index contributed by atoms with van der Waals surface area (Å²) in [4.78, 5) is 46.2.